The lowest BCUT2D eigenvalue weighted by Crippen LogP contribution is -2.50. The molecule has 0 N–H and O–H groups in total. The lowest BCUT2D eigenvalue weighted by atomic mass is 9.84. The molecule has 32 heavy (non-hydrogen) atoms. The van der Waals surface area contributed by atoms with Gasteiger partial charge in [0.05, 0.1) is 25.9 Å². The fraction of sp³-hybridized carbons (Fsp3) is 0.630. The van der Waals surface area contributed by atoms with Gasteiger partial charge in [-0.1, -0.05) is 101 Å². The summed E-state index contributed by atoms with van der Waals surface area (Å²) in [7, 11) is -0.232. The van der Waals surface area contributed by atoms with Gasteiger partial charge in [-0.15, -0.1) is 0 Å². The van der Waals surface area contributed by atoms with Crippen molar-refractivity contribution in [1.29, 1.82) is 0 Å². The van der Waals surface area contributed by atoms with Crippen LogP contribution in [-0.4, -0.2) is 32.1 Å². The van der Waals surface area contributed by atoms with Crippen molar-refractivity contribution in [3.05, 3.63) is 54.6 Å². The summed E-state index contributed by atoms with van der Waals surface area (Å²) in [6.45, 7) is 22.9. The van der Waals surface area contributed by atoms with E-state index < -0.39 is 8.32 Å². The van der Waals surface area contributed by atoms with Crippen molar-refractivity contribution in [2.45, 2.75) is 78.5 Å². The molecule has 1 aromatic rings. The second-order valence-electron chi connectivity index (χ2n) is 10.4. The Morgan fingerprint density at radius 2 is 1.66 bits per heavy atom. The molecule has 3 nitrogen and oxygen atoms in total. The van der Waals surface area contributed by atoms with Crippen LogP contribution in [0.5, 0.6) is 5.75 Å². The average Bonchev–Trinajstić information content (AvgIpc) is 2.75. The number of benzene rings is 1. The van der Waals surface area contributed by atoms with Crippen molar-refractivity contribution in [3.63, 3.8) is 0 Å². The summed E-state index contributed by atoms with van der Waals surface area (Å²) in [5.41, 5.74) is 1.15. The highest BCUT2D eigenvalue weighted by Crippen LogP contribution is 2.40. The van der Waals surface area contributed by atoms with E-state index in [0.717, 1.165) is 15.7 Å². The van der Waals surface area contributed by atoms with Gasteiger partial charge in [0.2, 0.25) is 0 Å². The highest BCUT2D eigenvalue weighted by atomic mass is 127. The van der Waals surface area contributed by atoms with E-state index in [1.54, 1.807) is 7.11 Å². The van der Waals surface area contributed by atoms with E-state index in [2.05, 4.69) is 102 Å². The third-order valence-electron chi connectivity index (χ3n) is 6.75. The number of ether oxygens (including phenoxy) is 2. The van der Waals surface area contributed by atoms with Gasteiger partial charge >= 0.3 is 0 Å². The highest BCUT2D eigenvalue weighted by Gasteiger charge is 2.43. The highest BCUT2D eigenvalue weighted by molar-refractivity contribution is 14.1. The van der Waals surface area contributed by atoms with Crippen LogP contribution in [0, 0.1) is 17.8 Å². The molecular formula is C27H45IO3Si. The largest absolute Gasteiger partial charge is 0.497 e. The predicted molar refractivity (Wildman–Crippen MR) is 149 cm³/mol. The maximum Gasteiger partial charge on any atom is 0.192 e. The third-order valence-corrected chi connectivity index (χ3v) is 12.6. The molecule has 0 spiro atoms. The number of hydrogen-bond acceptors (Lipinski definition) is 3. The molecule has 0 bridgehead atoms. The van der Waals surface area contributed by atoms with Crippen molar-refractivity contribution < 1.29 is 13.9 Å². The van der Waals surface area contributed by atoms with Crippen LogP contribution in [0.1, 0.15) is 47.1 Å². The van der Waals surface area contributed by atoms with Crippen molar-refractivity contribution >= 4 is 30.9 Å². The Kier molecular flexibility index (Phi) is 12.2. The van der Waals surface area contributed by atoms with Gasteiger partial charge in [0.25, 0.3) is 0 Å². The molecule has 0 saturated heterocycles. The summed E-state index contributed by atoms with van der Waals surface area (Å²) in [4.78, 5) is 0. The summed E-state index contributed by atoms with van der Waals surface area (Å²) in [6.07, 6.45) is 6.23. The fourth-order valence-electron chi connectivity index (χ4n) is 3.59. The zero-order valence-corrected chi connectivity index (χ0v) is 24.8. The van der Waals surface area contributed by atoms with Crippen molar-refractivity contribution in [1.82, 2.24) is 0 Å². The monoisotopic (exact) mass is 572 g/mol. The molecule has 0 unspecified atom stereocenters. The Bertz CT molecular complexity index is 709. The number of alkyl halides is 1. The summed E-state index contributed by atoms with van der Waals surface area (Å²) in [5, 5.41) is 0.170. The van der Waals surface area contributed by atoms with Gasteiger partial charge in [0.1, 0.15) is 5.75 Å². The van der Waals surface area contributed by atoms with Gasteiger partial charge in [-0.25, -0.2) is 0 Å². The number of hydrogen-bond donors (Lipinski definition) is 0. The molecular weight excluding hydrogens is 527 g/mol. The first-order valence-electron chi connectivity index (χ1n) is 11.7. The van der Waals surface area contributed by atoms with Crippen LogP contribution in [0.2, 0.25) is 18.1 Å². The predicted octanol–water partition coefficient (Wildman–Crippen LogP) is 8.06. The van der Waals surface area contributed by atoms with E-state index in [0.29, 0.717) is 12.5 Å². The van der Waals surface area contributed by atoms with Crippen LogP contribution >= 0.6 is 22.6 Å². The molecule has 182 valence electrons. The van der Waals surface area contributed by atoms with Crippen molar-refractivity contribution in [2.24, 2.45) is 17.8 Å². The van der Waals surface area contributed by atoms with E-state index in [1.807, 2.05) is 24.3 Å². The van der Waals surface area contributed by atoms with Crippen molar-refractivity contribution in [2.75, 3.05) is 11.5 Å². The normalized spacial score (nSPS) is 17.6. The lowest BCUT2D eigenvalue weighted by molar-refractivity contribution is -0.0619. The molecule has 1 rings (SSSR count). The number of halogens is 1. The Hall–Kier alpha value is -0.633. The van der Waals surface area contributed by atoms with Gasteiger partial charge in [0.15, 0.2) is 8.32 Å². The minimum atomic E-state index is -1.92. The number of rotatable bonds is 13. The van der Waals surface area contributed by atoms with E-state index in [9.17, 15) is 0 Å². The fourth-order valence-corrected chi connectivity index (χ4v) is 5.58. The van der Waals surface area contributed by atoms with Crippen LogP contribution in [0.3, 0.4) is 0 Å². The molecule has 5 atom stereocenters. The summed E-state index contributed by atoms with van der Waals surface area (Å²) < 4.78 is 20.0. The summed E-state index contributed by atoms with van der Waals surface area (Å²) in [5.74, 6) is 1.80. The Morgan fingerprint density at radius 3 is 2.12 bits per heavy atom. The molecule has 5 heteroatoms. The molecule has 0 amide bonds. The molecule has 0 fully saturated rings. The molecule has 0 radical (unpaired) electrons. The molecule has 0 aliphatic rings. The maximum absolute atomic E-state index is 7.03. The topological polar surface area (TPSA) is 27.7 Å². The zero-order chi connectivity index (χ0) is 24.5. The maximum atomic E-state index is 7.03. The molecule has 0 aliphatic carbocycles. The van der Waals surface area contributed by atoms with Crippen LogP contribution < -0.4 is 4.74 Å². The van der Waals surface area contributed by atoms with Gasteiger partial charge in [-0.2, -0.15) is 0 Å². The minimum absolute atomic E-state index is 0.0356. The quantitative estimate of drug-likeness (QED) is 0.104. The van der Waals surface area contributed by atoms with E-state index in [-0.39, 0.29) is 29.1 Å². The van der Waals surface area contributed by atoms with Gasteiger partial charge < -0.3 is 13.9 Å². The first kappa shape index (κ1) is 29.4. The average molecular weight is 573 g/mol. The van der Waals surface area contributed by atoms with Crippen LogP contribution in [0.15, 0.2) is 49.1 Å². The van der Waals surface area contributed by atoms with Crippen LogP contribution in [0.4, 0.5) is 0 Å². The molecule has 0 saturated carbocycles. The smallest absolute Gasteiger partial charge is 0.192 e. The summed E-state index contributed by atoms with van der Waals surface area (Å²) >= 11 is 2.49. The van der Waals surface area contributed by atoms with E-state index in [1.165, 1.54) is 0 Å². The zero-order valence-electron chi connectivity index (χ0n) is 21.7. The molecule has 0 aromatic heterocycles. The minimum Gasteiger partial charge on any atom is -0.497 e. The van der Waals surface area contributed by atoms with Gasteiger partial charge in [-0.05, 0) is 41.7 Å². The first-order valence-corrected chi connectivity index (χ1v) is 16.1. The second-order valence-corrected chi connectivity index (χ2v) is 16.1. The Morgan fingerprint density at radius 1 is 1.06 bits per heavy atom. The van der Waals surface area contributed by atoms with E-state index in [4.69, 9.17) is 13.9 Å². The summed E-state index contributed by atoms with van der Waals surface area (Å²) in [6, 6.07) is 8.11. The lowest BCUT2D eigenvalue weighted by Gasteiger charge is -2.44. The number of methoxy groups -OCH3 is 1. The third kappa shape index (κ3) is 8.62. The van der Waals surface area contributed by atoms with Crippen LogP contribution in [0.25, 0.3) is 0 Å². The van der Waals surface area contributed by atoms with E-state index >= 15 is 0 Å². The van der Waals surface area contributed by atoms with Gasteiger partial charge in [-0.3, -0.25) is 0 Å². The van der Waals surface area contributed by atoms with Gasteiger partial charge in [0, 0.05) is 16.3 Å². The standard InChI is InChI=1S/C27H45IO3Si/c1-11-12-13-20(2)25(30-19-23-14-16-24(29-8)17-15-23)22(4)26(21(3)18-28)31-32(9,10)27(5,6)7/h11-17,20-22,25-26H,1,18-19H2,2-10H3/b13-12+/t20-,21-,22+,25-,26+/m0/s1. The van der Waals surface area contributed by atoms with Crippen molar-refractivity contribution in [3.8, 4) is 5.75 Å². The first-order chi connectivity index (χ1) is 14.9. The Balaban J connectivity index is 3.18. The molecule has 0 aliphatic heterocycles. The molecule has 0 heterocycles. The van der Waals surface area contributed by atoms with Crippen LogP contribution in [-0.2, 0) is 15.8 Å². The number of allylic oxidation sites excluding steroid dienone is 2. The molecule has 1 aromatic carbocycles. The second kappa shape index (κ2) is 13.3. The SMILES string of the molecule is C=C/C=C/[C@H](C)[C@H](OCc1ccc(OC)cc1)[C@@H](C)[C@H](O[Si](C)(C)C(C)(C)C)[C@@H](C)CI. The Labute approximate surface area is 212 Å².